The number of nitrogens with one attached hydrogen (secondary N) is 1. The lowest BCUT2D eigenvalue weighted by atomic mass is 9.91. The van der Waals surface area contributed by atoms with Gasteiger partial charge in [-0.05, 0) is 39.3 Å². The molecule has 2 N–H and O–H groups in total. The predicted octanol–water partition coefficient (Wildman–Crippen LogP) is 2.65. The number of aliphatic hydroxyl groups is 1. The summed E-state index contributed by atoms with van der Waals surface area (Å²) >= 11 is 0. The van der Waals surface area contributed by atoms with Crippen molar-refractivity contribution in [3.8, 4) is 0 Å². The fraction of sp³-hybridized carbons (Fsp3) is 0.500. The van der Waals surface area contributed by atoms with Gasteiger partial charge < -0.3 is 9.84 Å². The molecule has 0 saturated carbocycles. The monoisotopic (exact) mass is 264 g/mol. The quantitative estimate of drug-likeness (QED) is 0.881. The molecule has 0 spiro atoms. The van der Waals surface area contributed by atoms with Crippen LogP contribution in [0.1, 0.15) is 32.8 Å². The Hall–Kier alpha value is -1.75. The molecule has 1 aliphatic heterocycles. The average Bonchev–Trinajstić information content (AvgIpc) is 2.52. The molecule has 0 unspecified atom stereocenters. The summed E-state index contributed by atoms with van der Waals surface area (Å²) in [6.07, 6.45) is -0.0485. The Morgan fingerprint density at radius 2 is 1.89 bits per heavy atom. The molecular weight excluding hydrogens is 244 g/mol. The predicted molar refractivity (Wildman–Crippen MR) is 72.4 cm³/mol. The topological polar surface area (TPSA) is 61.8 Å². The Morgan fingerprint density at radius 3 is 2.37 bits per heavy atom. The maximum Gasteiger partial charge on any atom is 0.432 e. The van der Waals surface area contributed by atoms with Gasteiger partial charge in [-0.3, -0.25) is 5.43 Å². The van der Waals surface area contributed by atoms with Crippen molar-refractivity contribution in [2.75, 3.05) is 5.43 Å². The maximum atomic E-state index is 11.9. The summed E-state index contributed by atoms with van der Waals surface area (Å²) in [5.41, 5.74) is 2.41. The zero-order chi connectivity index (χ0) is 14.3. The molecule has 1 aromatic carbocycles. The van der Waals surface area contributed by atoms with E-state index in [2.05, 4.69) is 5.43 Å². The Morgan fingerprint density at radius 1 is 1.32 bits per heavy atom. The molecule has 2 rings (SSSR count). The lowest BCUT2D eigenvalue weighted by Crippen LogP contribution is -2.56. The fourth-order valence-electron chi connectivity index (χ4n) is 2.07. The molecule has 1 aliphatic rings. The molecule has 1 amide bonds. The molecule has 5 nitrogen and oxygen atoms in total. The minimum atomic E-state index is -1.41. The molecule has 19 heavy (non-hydrogen) atoms. The van der Waals surface area contributed by atoms with E-state index >= 15 is 0 Å². The highest BCUT2D eigenvalue weighted by atomic mass is 16.6. The second-order valence-corrected chi connectivity index (χ2v) is 5.29. The van der Waals surface area contributed by atoms with Gasteiger partial charge >= 0.3 is 6.09 Å². The highest BCUT2D eigenvalue weighted by Gasteiger charge is 2.59. The highest BCUT2D eigenvalue weighted by molar-refractivity contribution is 5.74. The molecular formula is C14H20N2O3. The summed E-state index contributed by atoms with van der Waals surface area (Å²) in [5, 5.41) is 11.7. The van der Waals surface area contributed by atoms with Crippen LogP contribution >= 0.6 is 0 Å². The van der Waals surface area contributed by atoms with Gasteiger partial charge in [0.2, 0.25) is 0 Å². The number of cyclic esters (lactones) is 1. The van der Waals surface area contributed by atoms with Crippen LogP contribution in [0.3, 0.4) is 0 Å². The van der Waals surface area contributed by atoms with Crippen LogP contribution in [0.5, 0.6) is 0 Å². The van der Waals surface area contributed by atoms with Crippen molar-refractivity contribution in [3.05, 3.63) is 29.8 Å². The second kappa shape index (κ2) is 4.42. The fourth-order valence-corrected chi connectivity index (χ4v) is 2.07. The lowest BCUT2D eigenvalue weighted by molar-refractivity contribution is -0.131. The third kappa shape index (κ3) is 2.14. The summed E-state index contributed by atoms with van der Waals surface area (Å²) in [5.74, 6) is 0. The average molecular weight is 264 g/mol. The lowest BCUT2D eigenvalue weighted by Gasteiger charge is -2.36. The Kier molecular flexibility index (Phi) is 3.18. The maximum absolute atomic E-state index is 11.9. The first kappa shape index (κ1) is 13.7. The molecule has 2 atom stereocenters. The number of ether oxygens (including phenoxy) is 1. The third-order valence-electron chi connectivity index (χ3n) is 3.90. The van der Waals surface area contributed by atoms with Crippen LogP contribution in [0.25, 0.3) is 0 Å². The van der Waals surface area contributed by atoms with Crippen LogP contribution in [0.2, 0.25) is 0 Å². The highest BCUT2D eigenvalue weighted by Crippen LogP contribution is 2.39. The van der Waals surface area contributed by atoms with Crippen LogP contribution in [-0.2, 0) is 4.74 Å². The number of amides is 1. The zero-order valence-electron chi connectivity index (χ0n) is 11.7. The van der Waals surface area contributed by atoms with Gasteiger partial charge in [-0.15, -0.1) is 0 Å². The van der Waals surface area contributed by atoms with Crippen molar-refractivity contribution in [2.45, 2.75) is 45.4 Å². The van der Waals surface area contributed by atoms with E-state index in [0.717, 1.165) is 16.3 Å². The van der Waals surface area contributed by atoms with E-state index in [0.29, 0.717) is 6.42 Å². The number of hydrazine groups is 1. The third-order valence-corrected chi connectivity index (χ3v) is 3.90. The van der Waals surface area contributed by atoms with Crippen LogP contribution in [0.4, 0.5) is 10.5 Å². The van der Waals surface area contributed by atoms with E-state index < -0.39 is 17.4 Å². The van der Waals surface area contributed by atoms with Gasteiger partial charge in [0, 0.05) is 0 Å². The van der Waals surface area contributed by atoms with E-state index in [9.17, 15) is 9.90 Å². The van der Waals surface area contributed by atoms with Crippen molar-refractivity contribution in [1.82, 2.24) is 5.01 Å². The number of aryl methyl sites for hydroxylation is 1. The van der Waals surface area contributed by atoms with Crippen molar-refractivity contribution in [2.24, 2.45) is 0 Å². The number of anilines is 1. The minimum absolute atomic E-state index is 0.526. The molecule has 104 valence electrons. The first-order valence-electron chi connectivity index (χ1n) is 6.39. The van der Waals surface area contributed by atoms with Gasteiger partial charge in [-0.1, -0.05) is 24.6 Å². The summed E-state index contributed by atoms with van der Waals surface area (Å²) in [7, 11) is 0. The van der Waals surface area contributed by atoms with E-state index in [4.69, 9.17) is 4.74 Å². The standard InChI is InChI=1S/C14H20N2O3/c1-5-13(3)14(4,18)16(12(17)19-13)15-11-8-6-10(2)7-9-11/h6-9,15,18H,5H2,1-4H3/t13-,14-/m0/s1. The summed E-state index contributed by atoms with van der Waals surface area (Å²) in [6, 6.07) is 7.55. The van der Waals surface area contributed by atoms with Crippen LogP contribution in [0, 0.1) is 6.92 Å². The molecule has 0 radical (unpaired) electrons. The van der Waals surface area contributed by atoms with Gasteiger partial charge in [-0.25, -0.2) is 4.79 Å². The van der Waals surface area contributed by atoms with E-state index in [1.54, 1.807) is 13.8 Å². The molecule has 1 heterocycles. The summed E-state index contributed by atoms with van der Waals surface area (Å²) in [4.78, 5) is 11.9. The molecule has 0 aromatic heterocycles. The van der Waals surface area contributed by atoms with E-state index in [1.165, 1.54) is 0 Å². The molecule has 1 aromatic rings. The summed E-state index contributed by atoms with van der Waals surface area (Å²) < 4.78 is 5.30. The number of rotatable bonds is 3. The molecule has 1 saturated heterocycles. The van der Waals surface area contributed by atoms with Gasteiger partial charge in [0.15, 0.2) is 11.3 Å². The number of benzene rings is 1. The van der Waals surface area contributed by atoms with E-state index in [1.807, 2.05) is 38.1 Å². The van der Waals surface area contributed by atoms with Crippen LogP contribution < -0.4 is 5.43 Å². The van der Waals surface area contributed by atoms with Crippen molar-refractivity contribution >= 4 is 11.8 Å². The Bertz CT molecular complexity index is 484. The van der Waals surface area contributed by atoms with Crippen molar-refractivity contribution in [3.63, 3.8) is 0 Å². The number of carbonyl (C=O) groups excluding carboxylic acids is 1. The first-order chi connectivity index (χ1) is 8.80. The number of hydrogen-bond donors (Lipinski definition) is 2. The first-order valence-corrected chi connectivity index (χ1v) is 6.39. The SMILES string of the molecule is CC[C@]1(C)OC(=O)N(Nc2ccc(C)cc2)[C@@]1(C)O. The smallest absolute Gasteiger partial charge is 0.432 e. The van der Waals surface area contributed by atoms with Gasteiger partial charge in [0.25, 0.3) is 0 Å². The van der Waals surface area contributed by atoms with Gasteiger partial charge in [-0.2, -0.15) is 5.01 Å². The van der Waals surface area contributed by atoms with Gasteiger partial charge in [0.1, 0.15) is 0 Å². The summed E-state index contributed by atoms with van der Waals surface area (Å²) in [6.45, 7) is 7.15. The Balaban J connectivity index is 2.25. The molecule has 0 aliphatic carbocycles. The van der Waals surface area contributed by atoms with Crippen molar-refractivity contribution in [1.29, 1.82) is 0 Å². The zero-order valence-corrected chi connectivity index (χ0v) is 11.7. The number of nitrogens with zero attached hydrogens (tertiary/aromatic N) is 1. The number of hydrogen-bond acceptors (Lipinski definition) is 4. The molecule has 1 fully saturated rings. The molecule has 0 bridgehead atoms. The minimum Gasteiger partial charge on any atom is -0.437 e. The normalized spacial score (nSPS) is 30.4. The number of carbonyl (C=O) groups is 1. The van der Waals surface area contributed by atoms with Crippen LogP contribution in [0.15, 0.2) is 24.3 Å². The van der Waals surface area contributed by atoms with Crippen LogP contribution in [-0.4, -0.2) is 27.5 Å². The second-order valence-electron chi connectivity index (χ2n) is 5.29. The van der Waals surface area contributed by atoms with Gasteiger partial charge in [0.05, 0.1) is 5.69 Å². The largest absolute Gasteiger partial charge is 0.437 e. The van der Waals surface area contributed by atoms with E-state index in [-0.39, 0.29) is 0 Å². The Labute approximate surface area is 113 Å². The van der Waals surface area contributed by atoms with Crippen molar-refractivity contribution < 1.29 is 14.6 Å². The molecule has 5 heteroatoms.